The van der Waals surface area contributed by atoms with Crippen LogP contribution in [0.4, 0.5) is 5.69 Å². The standard InChI is InChI=1S/C15H21ClN2/c1-12-10-17-8-3-2-6-15(17)11-18(12)14-7-4-5-13(16)9-14/h4-5,7,9,12,15H,2-3,6,8,10-11H2,1H3. The fourth-order valence-electron chi connectivity index (χ4n) is 3.37. The van der Waals surface area contributed by atoms with E-state index in [2.05, 4.69) is 34.9 Å². The Morgan fingerprint density at radius 1 is 1.22 bits per heavy atom. The van der Waals surface area contributed by atoms with E-state index in [1.54, 1.807) is 0 Å². The summed E-state index contributed by atoms with van der Waals surface area (Å²) in [5, 5.41) is 0.839. The molecule has 2 fully saturated rings. The third-order valence-corrected chi connectivity index (χ3v) is 4.56. The van der Waals surface area contributed by atoms with Gasteiger partial charge in [0.1, 0.15) is 0 Å². The zero-order valence-electron chi connectivity index (χ0n) is 11.0. The molecule has 2 saturated heterocycles. The monoisotopic (exact) mass is 264 g/mol. The van der Waals surface area contributed by atoms with Crippen LogP contribution in [0.25, 0.3) is 0 Å². The SMILES string of the molecule is CC1CN2CCCCC2CN1c1cccc(Cl)c1. The molecule has 0 bridgehead atoms. The minimum absolute atomic E-state index is 0.581. The van der Waals surface area contributed by atoms with Crippen LogP contribution in [0.2, 0.25) is 5.02 Å². The first-order valence-electron chi connectivity index (χ1n) is 7.00. The second-order valence-electron chi connectivity index (χ2n) is 5.63. The third kappa shape index (κ3) is 2.36. The van der Waals surface area contributed by atoms with Gasteiger partial charge >= 0.3 is 0 Å². The highest BCUT2D eigenvalue weighted by Gasteiger charge is 2.32. The highest BCUT2D eigenvalue weighted by molar-refractivity contribution is 6.30. The number of fused-ring (bicyclic) bond motifs is 1. The van der Waals surface area contributed by atoms with E-state index in [1.165, 1.54) is 38.0 Å². The maximum absolute atomic E-state index is 6.11. The average molecular weight is 265 g/mol. The van der Waals surface area contributed by atoms with Crippen molar-refractivity contribution in [1.82, 2.24) is 4.90 Å². The highest BCUT2D eigenvalue weighted by atomic mass is 35.5. The van der Waals surface area contributed by atoms with E-state index in [1.807, 2.05) is 6.07 Å². The summed E-state index contributed by atoms with van der Waals surface area (Å²) in [6.07, 6.45) is 4.11. The Morgan fingerprint density at radius 2 is 2.11 bits per heavy atom. The highest BCUT2D eigenvalue weighted by Crippen LogP contribution is 2.29. The summed E-state index contributed by atoms with van der Waals surface area (Å²) in [6.45, 7) is 5.96. The van der Waals surface area contributed by atoms with Crippen molar-refractivity contribution in [3.8, 4) is 0 Å². The van der Waals surface area contributed by atoms with Gasteiger partial charge in [-0.2, -0.15) is 0 Å². The molecule has 2 aliphatic heterocycles. The molecule has 2 unspecified atom stereocenters. The minimum atomic E-state index is 0.581. The summed E-state index contributed by atoms with van der Waals surface area (Å²) in [6, 6.07) is 9.61. The van der Waals surface area contributed by atoms with Crippen molar-refractivity contribution < 1.29 is 0 Å². The van der Waals surface area contributed by atoms with Crippen LogP contribution in [0.15, 0.2) is 24.3 Å². The topological polar surface area (TPSA) is 6.48 Å². The maximum Gasteiger partial charge on any atom is 0.0426 e. The van der Waals surface area contributed by atoms with Crippen LogP contribution in [-0.2, 0) is 0 Å². The van der Waals surface area contributed by atoms with Crippen molar-refractivity contribution >= 4 is 17.3 Å². The Bertz CT molecular complexity index is 421. The van der Waals surface area contributed by atoms with Gasteiger partial charge < -0.3 is 4.90 Å². The number of piperidine rings is 1. The summed E-state index contributed by atoms with van der Waals surface area (Å²) >= 11 is 6.11. The average Bonchev–Trinajstić information content (AvgIpc) is 2.38. The summed E-state index contributed by atoms with van der Waals surface area (Å²) in [5.74, 6) is 0. The first-order valence-corrected chi connectivity index (χ1v) is 7.38. The van der Waals surface area contributed by atoms with E-state index in [9.17, 15) is 0 Å². The molecule has 2 nitrogen and oxygen atoms in total. The second-order valence-corrected chi connectivity index (χ2v) is 6.06. The zero-order valence-corrected chi connectivity index (χ0v) is 11.7. The van der Waals surface area contributed by atoms with Crippen LogP contribution in [-0.4, -0.2) is 36.6 Å². The Balaban J connectivity index is 1.80. The lowest BCUT2D eigenvalue weighted by Crippen LogP contribution is -2.58. The van der Waals surface area contributed by atoms with Crippen molar-refractivity contribution in [1.29, 1.82) is 0 Å². The van der Waals surface area contributed by atoms with Crippen LogP contribution < -0.4 is 4.90 Å². The molecule has 0 aliphatic carbocycles. The Hall–Kier alpha value is -0.730. The van der Waals surface area contributed by atoms with Gasteiger partial charge in [-0.25, -0.2) is 0 Å². The van der Waals surface area contributed by atoms with Crippen LogP contribution in [0.1, 0.15) is 26.2 Å². The van der Waals surface area contributed by atoms with Gasteiger partial charge in [0.2, 0.25) is 0 Å². The molecule has 3 rings (SSSR count). The van der Waals surface area contributed by atoms with Crippen LogP contribution in [0.3, 0.4) is 0 Å². The number of hydrogen-bond donors (Lipinski definition) is 0. The van der Waals surface area contributed by atoms with Crippen LogP contribution >= 0.6 is 11.6 Å². The first-order chi connectivity index (χ1) is 8.74. The molecular weight excluding hydrogens is 244 g/mol. The minimum Gasteiger partial charge on any atom is -0.366 e. The molecule has 0 N–H and O–H groups in total. The Morgan fingerprint density at radius 3 is 2.94 bits per heavy atom. The van der Waals surface area contributed by atoms with Gasteiger partial charge in [0.25, 0.3) is 0 Å². The molecular formula is C15H21ClN2. The molecule has 18 heavy (non-hydrogen) atoms. The van der Waals surface area contributed by atoms with Gasteiger partial charge in [0.05, 0.1) is 0 Å². The molecule has 2 aliphatic rings. The van der Waals surface area contributed by atoms with Crippen molar-refractivity contribution in [2.45, 2.75) is 38.3 Å². The van der Waals surface area contributed by atoms with Crippen molar-refractivity contribution in [2.75, 3.05) is 24.5 Å². The molecule has 1 aromatic carbocycles. The van der Waals surface area contributed by atoms with E-state index in [0.717, 1.165) is 17.6 Å². The van der Waals surface area contributed by atoms with E-state index < -0.39 is 0 Å². The largest absolute Gasteiger partial charge is 0.366 e. The second kappa shape index (κ2) is 5.10. The van der Waals surface area contributed by atoms with Gasteiger partial charge in [-0.1, -0.05) is 24.1 Å². The lowest BCUT2D eigenvalue weighted by molar-refractivity contribution is 0.115. The van der Waals surface area contributed by atoms with E-state index in [4.69, 9.17) is 11.6 Å². The molecule has 3 heteroatoms. The van der Waals surface area contributed by atoms with Gasteiger partial charge in [-0.3, -0.25) is 4.90 Å². The number of anilines is 1. The summed E-state index contributed by atoms with van der Waals surface area (Å²) < 4.78 is 0. The van der Waals surface area contributed by atoms with Crippen molar-refractivity contribution in [2.24, 2.45) is 0 Å². The molecule has 1 aromatic rings. The zero-order chi connectivity index (χ0) is 12.5. The van der Waals surface area contributed by atoms with Crippen LogP contribution in [0.5, 0.6) is 0 Å². The maximum atomic E-state index is 6.11. The fourth-order valence-corrected chi connectivity index (χ4v) is 3.55. The number of piperazine rings is 1. The predicted octanol–water partition coefficient (Wildman–Crippen LogP) is 3.40. The summed E-state index contributed by atoms with van der Waals surface area (Å²) in [7, 11) is 0. The molecule has 0 aromatic heterocycles. The molecule has 0 radical (unpaired) electrons. The Labute approximate surface area is 115 Å². The summed E-state index contributed by atoms with van der Waals surface area (Å²) in [4.78, 5) is 5.20. The normalized spacial score (nSPS) is 29.1. The molecule has 98 valence electrons. The third-order valence-electron chi connectivity index (χ3n) is 4.33. The van der Waals surface area contributed by atoms with Crippen molar-refractivity contribution in [3.05, 3.63) is 29.3 Å². The Kier molecular flexibility index (Phi) is 3.49. The van der Waals surface area contributed by atoms with Gasteiger partial charge in [-0.05, 0) is 44.5 Å². The molecule has 2 atom stereocenters. The number of benzene rings is 1. The molecule has 2 heterocycles. The number of rotatable bonds is 1. The summed E-state index contributed by atoms with van der Waals surface area (Å²) in [5.41, 5.74) is 1.28. The van der Waals surface area contributed by atoms with Crippen molar-refractivity contribution in [3.63, 3.8) is 0 Å². The smallest absolute Gasteiger partial charge is 0.0426 e. The van der Waals surface area contributed by atoms with Gasteiger partial charge in [0.15, 0.2) is 0 Å². The van der Waals surface area contributed by atoms with E-state index in [-0.39, 0.29) is 0 Å². The molecule has 0 spiro atoms. The molecule has 0 amide bonds. The lowest BCUT2D eigenvalue weighted by atomic mass is 9.96. The van der Waals surface area contributed by atoms with Gasteiger partial charge in [-0.15, -0.1) is 0 Å². The van der Waals surface area contributed by atoms with E-state index >= 15 is 0 Å². The number of halogens is 1. The molecule has 0 saturated carbocycles. The predicted molar refractivity (Wildman–Crippen MR) is 77.5 cm³/mol. The fraction of sp³-hybridized carbons (Fsp3) is 0.600. The first kappa shape index (κ1) is 12.3. The lowest BCUT2D eigenvalue weighted by Gasteiger charge is -2.48. The number of nitrogens with zero attached hydrogens (tertiary/aromatic N) is 2. The van der Waals surface area contributed by atoms with Gasteiger partial charge in [0, 0.05) is 35.9 Å². The van der Waals surface area contributed by atoms with Crippen LogP contribution in [0, 0.1) is 0 Å². The number of hydrogen-bond acceptors (Lipinski definition) is 2. The van der Waals surface area contributed by atoms with E-state index in [0.29, 0.717) is 6.04 Å². The quantitative estimate of drug-likeness (QED) is 0.767.